The minimum Gasteiger partial charge on any atom is -0.338 e. The van der Waals surface area contributed by atoms with Crippen LogP contribution in [-0.4, -0.2) is 61.0 Å². The summed E-state index contributed by atoms with van der Waals surface area (Å²) in [6, 6.07) is 1.30. The molecule has 2 fully saturated rings. The van der Waals surface area contributed by atoms with Crippen molar-refractivity contribution in [2.75, 3.05) is 27.2 Å². The predicted molar refractivity (Wildman–Crippen MR) is 73.5 cm³/mol. The average molecular weight is 253 g/mol. The maximum atomic E-state index is 11.9. The molecule has 0 bridgehead atoms. The first kappa shape index (κ1) is 13.8. The van der Waals surface area contributed by atoms with Gasteiger partial charge in [0.05, 0.1) is 0 Å². The van der Waals surface area contributed by atoms with Gasteiger partial charge in [0.25, 0.3) is 0 Å². The van der Waals surface area contributed by atoms with Crippen molar-refractivity contribution in [2.24, 2.45) is 5.92 Å². The second-order valence-electron chi connectivity index (χ2n) is 6.39. The van der Waals surface area contributed by atoms with Crippen LogP contribution in [0.1, 0.15) is 33.1 Å². The van der Waals surface area contributed by atoms with Gasteiger partial charge >= 0.3 is 0 Å². The van der Waals surface area contributed by atoms with Crippen LogP contribution in [0.3, 0.4) is 0 Å². The van der Waals surface area contributed by atoms with E-state index in [0.29, 0.717) is 36.4 Å². The molecule has 2 rings (SSSR count). The van der Waals surface area contributed by atoms with E-state index in [1.165, 1.54) is 12.8 Å². The van der Waals surface area contributed by atoms with Crippen LogP contribution in [0.2, 0.25) is 0 Å². The Bertz CT molecular complexity index is 303. The molecule has 2 heterocycles. The zero-order valence-electron chi connectivity index (χ0n) is 12.1. The summed E-state index contributed by atoms with van der Waals surface area (Å²) < 4.78 is 0. The summed E-state index contributed by atoms with van der Waals surface area (Å²) in [5, 5.41) is 3.74. The summed E-state index contributed by atoms with van der Waals surface area (Å²) in [5.74, 6) is 0.945. The number of carbonyl (C=O) groups excluding carboxylic acids is 1. The molecule has 3 unspecified atom stereocenters. The lowest BCUT2D eigenvalue weighted by Crippen LogP contribution is -2.50. The number of amides is 1. The van der Waals surface area contributed by atoms with Crippen molar-refractivity contribution in [1.29, 1.82) is 0 Å². The van der Waals surface area contributed by atoms with Crippen LogP contribution in [0.5, 0.6) is 0 Å². The minimum absolute atomic E-state index is 0.349. The highest BCUT2D eigenvalue weighted by Crippen LogP contribution is 2.29. The number of hydrogen-bond donors (Lipinski definition) is 1. The second-order valence-corrected chi connectivity index (χ2v) is 6.39. The second kappa shape index (κ2) is 5.57. The summed E-state index contributed by atoms with van der Waals surface area (Å²) in [5.41, 5.74) is 0. The summed E-state index contributed by atoms with van der Waals surface area (Å²) >= 11 is 0. The van der Waals surface area contributed by atoms with E-state index in [1.807, 2.05) is 0 Å². The molecule has 0 aromatic carbocycles. The highest BCUT2D eigenvalue weighted by atomic mass is 16.2. The summed E-state index contributed by atoms with van der Waals surface area (Å²) in [7, 11) is 4.22. The van der Waals surface area contributed by atoms with E-state index in [1.54, 1.807) is 0 Å². The zero-order valence-corrected chi connectivity index (χ0v) is 12.1. The van der Waals surface area contributed by atoms with E-state index in [-0.39, 0.29) is 0 Å². The Kier molecular flexibility index (Phi) is 4.28. The Morgan fingerprint density at radius 1 is 1.44 bits per heavy atom. The van der Waals surface area contributed by atoms with Crippen molar-refractivity contribution >= 4 is 5.91 Å². The molecule has 0 aromatic rings. The first-order chi connectivity index (χ1) is 8.49. The highest BCUT2D eigenvalue weighted by molar-refractivity contribution is 5.80. The monoisotopic (exact) mass is 253 g/mol. The molecule has 2 aliphatic rings. The van der Waals surface area contributed by atoms with Crippen LogP contribution >= 0.6 is 0 Å². The van der Waals surface area contributed by atoms with Gasteiger partial charge in [-0.05, 0) is 32.9 Å². The smallest absolute Gasteiger partial charge is 0.224 e. The Morgan fingerprint density at radius 2 is 2.17 bits per heavy atom. The third-order valence-corrected chi connectivity index (χ3v) is 4.27. The number of hydrogen-bond acceptors (Lipinski definition) is 3. The molecular weight excluding hydrogens is 226 g/mol. The Hall–Kier alpha value is -0.610. The number of likely N-dealkylation sites (N-methyl/N-ethyl adjacent to an activating group) is 1. The Balaban J connectivity index is 1.96. The van der Waals surface area contributed by atoms with Gasteiger partial charge in [-0.15, -0.1) is 0 Å². The molecule has 0 radical (unpaired) electrons. The summed E-state index contributed by atoms with van der Waals surface area (Å²) in [4.78, 5) is 16.2. The van der Waals surface area contributed by atoms with Crippen LogP contribution in [0, 0.1) is 5.92 Å². The molecule has 1 amide bonds. The van der Waals surface area contributed by atoms with Crippen molar-refractivity contribution in [2.45, 2.75) is 51.2 Å². The number of nitrogens with one attached hydrogen (secondary N) is 1. The fraction of sp³-hybridized carbons (Fsp3) is 0.929. The van der Waals surface area contributed by atoms with Crippen LogP contribution in [0.15, 0.2) is 0 Å². The van der Waals surface area contributed by atoms with Gasteiger partial charge in [0, 0.05) is 37.6 Å². The molecule has 0 aromatic heterocycles. The topological polar surface area (TPSA) is 35.6 Å². The van der Waals surface area contributed by atoms with Crippen molar-refractivity contribution in [3.8, 4) is 0 Å². The standard InChI is InChI=1S/C14H27N3O/c1-10(2)12(9-16(3)4)15-11-8-14(18)17-7-5-6-13(11)17/h10-13,15H,5-9H2,1-4H3. The summed E-state index contributed by atoms with van der Waals surface area (Å²) in [6.07, 6.45) is 3.05. The van der Waals surface area contributed by atoms with Gasteiger partial charge in [0.1, 0.15) is 0 Å². The molecule has 3 atom stereocenters. The minimum atomic E-state index is 0.349. The van der Waals surface area contributed by atoms with Crippen LogP contribution in [0.4, 0.5) is 0 Å². The van der Waals surface area contributed by atoms with E-state index in [0.717, 1.165) is 13.1 Å². The van der Waals surface area contributed by atoms with Gasteiger partial charge in [-0.1, -0.05) is 13.8 Å². The van der Waals surface area contributed by atoms with Gasteiger partial charge in [0.15, 0.2) is 0 Å². The van der Waals surface area contributed by atoms with E-state index in [4.69, 9.17) is 0 Å². The van der Waals surface area contributed by atoms with E-state index in [2.05, 4.69) is 43.1 Å². The van der Waals surface area contributed by atoms with Crippen LogP contribution in [-0.2, 0) is 4.79 Å². The Labute approximate surface area is 111 Å². The predicted octanol–water partition coefficient (Wildman–Crippen LogP) is 0.926. The normalized spacial score (nSPS) is 29.4. The zero-order chi connectivity index (χ0) is 13.3. The highest BCUT2D eigenvalue weighted by Gasteiger charge is 2.42. The third kappa shape index (κ3) is 2.86. The van der Waals surface area contributed by atoms with Crippen molar-refractivity contribution < 1.29 is 4.79 Å². The number of fused-ring (bicyclic) bond motifs is 1. The molecule has 0 spiro atoms. The van der Waals surface area contributed by atoms with Gasteiger partial charge in [-0.2, -0.15) is 0 Å². The molecule has 4 heteroatoms. The van der Waals surface area contributed by atoms with E-state index in [9.17, 15) is 4.79 Å². The van der Waals surface area contributed by atoms with Crippen molar-refractivity contribution in [1.82, 2.24) is 15.1 Å². The molecule has 1 N–H and O–H groups in total. The first-order valence-corrected chi connectivity index (χ1v) is 7.19. The molecule has 4 nitrogen and oxygen atoms in total. The molecule has 0 saturated carbocycles. The largest absolute Gasteiger partial charge is 0.338 e. The molecule has 2 saturated heterocycles. The molecule has 104 valence electrons. The quantitative estimate of drug-likeness (QED) is 0.791. The first-order valence-electron chi connectivity index (χ1n) is 7.19. The van der Waals surface area contributed by atoms with Gasteiger partial charge in [-0.25, -0.2) is 0 Å². The Morgan fingerprint density at radius 3 is 2.78 bits per heavy atom. The molecule has 18 heavy (non-hydrogen) atoms. The van der Waals surface area contributed by atoms with E-state index < -0.39 is 0 Å². The van der Waals surface area contributed by atoms with Gasteiger partial charge < -0.3 is 15.1 Å². The fourth-order valence-electron chi connectivity index (χ4n) is 3.26. The number of nitrogens with zero attached hydrogens (tertiary/aromatic N) is 2. The lowest BCUT2D eigenvalue weighted by molar-refractivity contribution is -0.127. The number of carbonyl (C=O) groups is 1. The maximum absolute atomic E-state index is 11.9. The average Bonchev–Trinajstić information content (AvgIpc) is 2.83. The number of rotatable bonds is 5. The third-order valence-electron chi connectivity index (χ3n) is 4.27. The lowest BCUT2D eigenvalue weighted by atomic mass is 9.99. The molecule has 2 aliphatic heterocycles. The van der Waals surface area contributed by atoms with Crippen molar-refractivity contribution in [3.05, 3.63) is 0 Å². The van der Waals surface area contributed by atoms with E-state index >= 15 is 0 Å². The van der Waals surface area contributed by atoms with Crippen LogP contribution < -0.4 is 5.32 Å². The SMILES string of the molecule is CC(C)C(CN(C)C)NC1CC(=O)N2CCCC12. The molecular formula is C14H27N3O. The van der Waals surface area contributed by atoms with Gasteiger partial charge in [0.2, 0.25) is 5.91 Å². The fourth-order valence-corrected chi connectivity index (χ4v) is 3.26. The maximum Gasteiger partial charge on any atom is 0.224 e. The van der Waals surface area contributed by atoms with Crippen LogP contribution in [0.25, 0.3) is 0 Å². The van der Waals surface area contributed by atoms with Crippen molar-refractivity contribution in [3.63, 3.8) is 0 Å². The molecule has 0 aliphatic carbocycles. The lowest BCUT2D eigenvalue weighted by Gasteiger charge is -2.31. The summed E-state index contributed by atoms with van der Waals surface area (Å²) in [6.45, 7) is 6.52. The van der Waals surface area contributed by atoms with Gasteiger partial charge in [-0.3, -0.25) is 4.79 Å².